The predicted octanol–water partition coefficient (Wildman–Crippen LogP) is 4.09. The van der Waals surface area contributed by atoms with Gasteiger partial charge < -0.3 is 9.84 Å². The van der Waals surface area contributed by atoms with Gasteiger partial charge in [0.05, 0.1) is 18.8 Å². The summed E-state index contributed by atoms with van der Waals surface area (Å²) >= 11 is 0. The van der Waals surface area contributed by atoms with Crippen LogP contribution in [0.2, 0.25) is 0 Å². The lowest BCUT2D eigenvalue weighted by Gasteiger charge is -2.09. The SMILES string of the molecule is COC(=O)c1ccc([C@@H](O)/C=C(\C)CCc2ccccc2)cc1. The minimum Gasteiger partial charge on any atom is -0.465 e. The largest absolute Gasteiger partial charge is 0.465 e. The molecule has 3 heteroatoms. The first-order chi connectivity index (χ1) is 11.1. The number of carbonyl (C=O) groups excluding carboxylic acids is 1. The average Bonchev–Trinajstić information content (AvgIpc) is 2.60. The molecule has 0 aliphatic carbocycles. The van der Waals surface area contributed by atoms with Crippen LogP contribution in [-0.4, -0.2) is 18.2 Å². The molecular weight excluding hydrogens is 288 g/mol. The molecule has 23 heavy (non-hydrogen) atoms. The van der Waals surface area contributed by atoms with Crippen LogP contribution in [-0.2, 0) is 11.2 Å². The van der Waals surface area contributed by atoms with Crippen LogP contribution in [0.1, 0.15) is 40.9 Å². The second kappa shape index (κ2) is 8.30. The Morgan fingerprint density at radius 3 is 2.39 bits per heavy atom. The number of esters is 1. The molecule has 0 saturated carbocycles. The lowest BCUT2D eigenvalue weighted by Crippen LogP contribution is -2.02. The Balaban J connectivity index is 1.96. The molecule has 1 atom stereocenters. The maximum Gasteiger partial charge on any atom is 0.337 e. The minimum atomic E-state index is -0.669. The Hall–Kier alpha value is -2.39. The van der Waals surface area contributed by atoms with Crippen molar-refractivity contribution >= 4 is 5.97 Å². The Labute approximate surface area is 137 Å². The molecule has 0 heterocycles. The van der Waals surface area contributed by atoms with Gasteiger partial charge in [-0.05, 0) is 43.0 Å². The fourth-order valence-electron chi connectivity index (χ4n) is 2.37. The molecule has 0 spiro atoms. The van der Waals surface area contributed by atoms with Crippen LogP contribution >= 0.6 is 0 Å². The lowest BCUT2D eigenvalue weighted by molar-refractivity contribution is 0.0600. The molecule has 0 bridgehead atoms. The summed E-state index contributed by atoms with van der Waals surface area (Å²) in [5.74, 6) is -0.374. The highest BCUT2D eigenvalue weighted by atomic mass is 16.5. The van der Waals surface area contributed by atoms with E-state index < -0.39 is 6.10 Å². The van der Waals surface area contributed by atoms with Crippen LogP contribution in [0, 0.1) is 0 Å². The Morgan fingerprint density at radius 1 is 1.13 bits per heavy atom. The first-order valence-corrected chi connectivity index (χ1v) is 7.67. The van der Waals surface area contributed by atoms with Crippen LogP contribution in [0.4, 0.5) is 0 Å². The molecule has 0 saturated heterocycles. The maximum absolute atomic E-state index is 11.4. The van der Waals surface area contributed by atoms with E-state index >= 15 is 0 Å². The Morgan fingerprint density at radius 2 is 1.78 bits per heavy atom. The number of aliphatic hydroxyl groups is 1. The van der Waals surface area contributed by atoms with Gasteiger partial charge in [-0.1, -0.05) is 54.1 Å². The van der Waals surface area contributed by atoms with Crippen LogP contribution in [0.5, 0.6) is 0 Å². The number of rotatable bonds is 6. The first-order valence-electron chi connectivity index (χ1n) is 7.67. The normalized spacial score (nSPS) is 12.7. The van der Waals surface area contributed by atoms with Crippen molar-refractivity contribution in [2.45, 2.75) is 25.9 Å². The molecule has 120 valence electrons. The average molecular weight is 310 g/mol. The van der Waals surface area contributed by atoms with Gasteiger partial charge in [0.25, 0.3) is 0 Å². The molecule has 2 aromatic rings. The summed E-state index contributed by atoms with van der Waals surface area (Å²) in [6.07, 6.45) is 3.05. The van der Waals surface area contributed by atoms with E-state index in [2.05, 4.69) is 16.9 Å². The second-order valence-corrected chi connectivity index (χ2v) is 5.56. The zero-order valence-electron chi connectivity index (χ0n) is 13.5. The van der Waals surface area contributed by atoms with E-state index in [1.165, 1.54) is 12.7 Å². The number of hydrogen-bond donors (Lipinski definition) is 1. The van der Waals surface area contributed by atoms with Gasteiger partial charge >= 0.3 is 5.97 Å². The quantitative estimate of drug-likeness (QED) is 0.646. The maximum atomic E-state index is 11.4. The van der Waals surface area contributed by atoms with Crippen molar-refractivity contribution in [3.8, 4) is 0 Å². The number of ether oxygens (including phenoxy) is 1. The van der Waals surface area contributed by atoms with Crippen LogP contribution in [0.3, 0.4) is 0 Å². The van der Waals surface area contributed by atoms with Gasteiger partial charge in [0.1, 0.15) is 0 Å². The monoisotopic (exact) mass is 310 g/mol. The lowest BCUT2D eigenvalue weighted by atomic mass is 10.0. The number of methoxy groups -OCH3 is 1. The topological polar surface area (TPSA) is 46.5 Å². The Bertz CT molecular complexity index is 657. The highest BCUT2D eigenvalue weighted by Gasteiger charge is 2.08. The van der Waals surface area contributed by atoms with Crippen molar-refractivity contribution in [1.82, 2.24) is 0 Å². The molecule has 0 aliphatic heterocycles. The Kier molecular flexibility index (Phi) is 6.12. The molecule has 1 N–H and O–H groups in total. The summed E-state index contributed by atoms with van der Waals surface area (Å²) in [7, 11) is 1.35. The van der Waals surface area contributed by atoms with Crippen LogP contribution < -0.4 is 0 Å². The third-order valence-electron chi connectivity index (χ3n) is 3.77. The van der Waals surface area contributed by atoms with Crippen molar-refractivity contribution in [1.29, 1.82) is 0 Å². The van der Waals surface area contributed by atoms with E-state index in [-0.39, 0.29) is 5.97 Å². The van der Waals surface area contributed by atoms with E-state index in [9.17, 15) is 9.90 Å². The standard InChI is InChI=1S/C20H22O3/c1-15(8-9-16-6-4-3-5-7-16)14-19(21)17-10-12-18(13-11-17)20(22)23-2/h3-7,10-14,19,21H,8-9H2,1-2H3/b15-14+/t19-/m0/s1. The summed E-state index contributed by atoms with van der Waals surface area (Å²) in [4.78, 5) is 11.4. The smallest absolute Gasteiger partial charge is 0.337 e. The molecule has 2 aromatic carbocycles. The molecule has 0 fully saturated rings. The predicted molar refractivity (Wildman–Crippen MR) is 91.3 cm³/mol. The molecule has 0 aliphatic rings. The van der Waals surface area contributed by atoms with Gasteiger partial charge in [0, 0.05) is 0 Å². The van der Waals surface area contributed by atoms with Gasteiger partial charge in [-0.15, -0.1) is 0 Å². The van der Waals surface area contributed by atoms with Crippen molar-refractivity contribution < 1.29 is 14.6 Å². The van der Waals surface area contributed by atoms with Crippen molar-refractivity contribution in [3.63, 3.8) is 0 Å². The summed E-state index contributed by atoms with van der Waals surface area (Å²) in [5, 5.41) is 10.3. The van der Waals surface area contributed by atoms with E-state index in [0.717, 1.165) is 24.0 Å². The number of carbonyl (C=O) groups is 1. The van der Waals surface area contributed by atoms with Gasteiger partial charge in [-0.25, -0.2) is 4.79 Å². The van der Waals surface area contributed by atoms with Gasteiger partial charge in [0.15, 0.2) is 0 Å². The van der Waals surface area contributed by atoms with Crippen molar-refractivity contribution in [3.05, 3.63) is 82.9 Å². The van der Waals surface area contributed by atoms with Gasteiger partial charge in [-0.3, -0.25) is 0 Å². The number of allylic oxidation sites excluding steroid dienone is 1. The molecular formula is C20H22O3. The fourth-order valence-corrected chi connectivity index (χ4v) is 2.37. The van der Waals surface area contributed by atoms with Gasteiger partial charge in [-0.2, -0.15) is 0 Å². The van der Waals surface area contributed by atoms with E-state index in [1.807, 2.05) is 31.2 Å². The highest BCUT2D eigenvalue weighted by Crippen LogP contribution is 2.19. The minimum absolute atomic E-state index is 0.374. The van der Waals surface area contributed by atoms with Crippen molar-refractivity contribution in [2.75, 3.05) is 7.11 Å². The molecule has 0 aromatic heterocycles. The van der Waals surface area contributed by atoms with Crippen molar-refractivity contribution in [2.24, 2.45) is 0 Å². The fraction of sp³-hybridized carbons (Fsp3) is 0.250. The van der Waals surface area contributed by atoms with Gasteiger partial charge in [0.2, 0.25) is 0 Å². The van der Waals surface area contributed by atoms with E-state index in [0.29, 0.717) is 5.56 Å². The molecule has 2 rings (SSSR count). The number of benzene rings is 2. The second-order valence-electron chi connectivity index (χ2n) is 5.56. The summed E-state index contributed by atoms with van der Waals surface area (Å²) < 4.78 is 4.66. The number of hydrogen-bond acceptors (Lipinski definition) is 3. The molecule has 0 radical (unpaired) electrons. The third kappa shape index (κ3) is 5.08. The summed E-state index contributed by atoms with van der Waals surface area (Å²) in [6.45, 7) is 2.02. The summed E-state index contributed by atoms with van der Waals surface area (Å²) in [6, 6.07) is 17.1. The van der Waals surface area contributed by atoms with E-state index in [1.54, 1.807) is 24.3 Å². The molecule has 0 amide bonds. The third-order valence-corrected chi connectivity index (χ3v) is 3.77. The molecule has 3 nitrogen and oxygen atoms in total. The molecule has 0 unspecified atom stereocenters. The van der Waals surface area contributed by atoms with Crippen LogP contribution in [0.15, 0.2) is 66.2 Å². The first kappa shape index (κ1) is 17.0. The number of aryl methyl sites for hydroxylation is 1. The van der Waals surface area contributed by atoms with E-state index in [4.69, 9.17) is 0 Å². The zero-order chi connectivity index (χ0) is 16.7. The number of aliphatic hydroxyl groups excluding tert-OH is 1. The van der Waals surface area contributed by atoms with Crippen LogP contribution in [0.25, 0.3) is 0 Å². The zero-order valence-corrected chi connectivity index (χ0v) is 13.5. The highest BCUT2D eigenvalue weighted by molar-refractivity contribution is 5.89. The summed E-state index contributed by atoms with van der Waals surface area (Å²) in [5.41, 5.74) is 3.67.